The molecule has 0 spiro atoms. The zero-order chi connectivity index (χ0) is 15.2. The third kappa shape index (κ3) is 4.51. The topological polar surface area (TPSA) is 72.2 Å². The summed E-state index contributed by atoms with van der Waals surface area (Å²) in [6.45, 7) is 0.460. The Balaban J connectivity index is 1.89. The van der Waals surface area contributed by atoms with Crippen LogP contribution < -0.4 is 5.32 Å². The van der Waals surface area contributed by atoms with Crippen LogP contribution in [0.2, 0.25) is 0 Å². The zero-order valence-electron chi connectivity index (χ0n) is 10.8. The number of benzene rings is 1. The predicted molar refractivity (Wildman–Crippen MR) is 86.0 cm³/mol. The molecule has 1 heterocycles. The highest BCUT2D eigenvalue weighted by Gasteiger charge is 2.04. The molecule has 0 aliphatic heterocycles. The Kier molecular flexibility index (Phi) is 5.24. The molecule has 0 radical (unpaired) electrons. The molecule has 1 amide bonds. The first-order chi connectivity index (χ1) is 10.1. The zero-order valence-corrected chi connectivity index (χ0v) is 13.2. The maximum atomic E-state index is 11.7. The monoisotopic (exact) mass is 366 g/mol. The first-order valence-corrected chi connectivity index (χ1v) is 7.66. The van der Waals surface area contributed by atoms with Crippen molar-refractivity contribution in [2.75, 3.05) is 0 Å². The summed E-state index contributed by atoms with van der Waals surface area (Å²) in [5.41, 5.74) is 0.757. The Morgan fingerprint density at radius 2 is 2.05 bits per heavy atom. The van der Waals surface area contributed by atoms with Gasteiger partial charge in [0, 0.05) is 27.6 Å². The van der Waals surface area contributed by atoms with Gasteiger partial charge in [0.05, 0.1) is 11.5 Å². The van der Waals surface area contributed by atoms with Crippen LogP contribution in [0.5, 0.6) is 0 Å². The van der Waals surface area contributed by atoms with Gasteiger partial charge in [-0.1, -0.05) is 0 Å². The number of nitrogens with one attached hydrogen (secondary N) is 1. The first-order valence-electron chi connectivity index (χ1n) is 5.98. The lowest BCUT2D eigenvalue weighted by Crippen LogP contribution is -2.19. The lowest BCUT2D eigenvalue weighted by atomic mass is 10.2. The van der Waals surface area contributed by atoms with Crippen LogP contribution in [0.15, 0.2) is 46.3 Å². The van der Waals surface area contributed by atoms with E-state index in [1.807, 2.05) is 11.4 Å². The number of hydrogen-bond donors (Lipinski definition) is 1. The van der Waals surface area contributed by atoms with Crippen LogP contribution in [0, 0.1) is 10.1 Å². The molecule has 0 atom stereocenters. The number of nitro benzene ring substituents is 1. The second-order valence-electron chi connectivity index (χ2n) is 4.09. The van der Waals surface area contributed by atoms with E-state index in [9.17, 15) is 14.9 Å². The van der Waals surface area contributed by atoms with Crippen molar-refractivity contribution < 1.29 is 9.72 Å². The third-order valence-corrected chi connectivity index (χ3v) is 4.57. The smallest absolute Gasteiger partial charge is 0.269 e. The fourth-order valence-electron chi connectivity index (χ4n) is 1.56. The maximum Gasteiger partial charge on any atom is 0.269 e. The minimum Gasteiger partial charge on any atom is -0.348 e. The molecule has 0 saturated heterocycles. The quantitative estimate of drug-likeness (QED) is 0.497. The summed E-state index contributed by atoms with van der Waals surface area (Å²) in [7, 11) is 0. The van der Waals surface area contributed by atoms with Gasteiger partial charge < -0.3 is 5.32 Å². The number of amides is 1. The highest BCUT2D eigenvalue weighted by Crippen LogP contribution is 2.22. The summed E-state index contributed by atoms with van der Waals surface area (Å²) in [5.74, 6) is -0.214. The van der Waals surface area contributed by atoms with Crippen molar-refractivity contribution in [3.05, 3.63) is 66.8 Å². The molecule has 2 aromatic rings. The van der Waals surface area contributed by atoms with Crippen molar-refractivity contribution in [3.63, 3.8) is 0 Å². The van der Waals surface area contributed by atoms with Crippen molar-refractivity contribution in [1.29, 1.82) is 0 Å². The standard InChI is InChI=1S/C14H11BrN2O3S/c15-12-7-8-21-13(12)9-16-14(18)6-3-10-1-4-11(5-2-10)17(19)20/h1-8H,9H2,(H,16,18)/b6-3+. The summed E-state index contributed by atoms with van der Waals surface area (Å²) in [5, 5.41) is 15.2. The van der Waals surface area contributed by atoms with E-state index >= 15 is 0 Å². The Bertz CT molecular complexity index is 680. The summed E-state index contributed by atoms with van der Waals surface area (Å²) >= 11 is 4.96. The second kappa shape index (κ2) is 7.14. The van der Waals surface area contributed by atoms with E-state index in [0.29, 0.717) is 6.54 Å². The molecular formula is C14H11BrN2O3S. The average molecular weight is 367 g/mol. The van der Waals surface area contributed by atoms with Crippen molar-refractivity contribution >= 4 is 44.9 Å². The van der Waals surface area contributed by atoms with E-state index < -0.39 is 4.92 Å². The largest absolute Gasteiger partial charge is 0.348 e. The van der Waals surface area contributed by atoms with E-state index in [0.717, 1.165) is 14.9 Å². The van der Waals surface area contributed by atoms with Gasteiger partial charge in [-0.15, -0.1) is 11.3 Å². The van der Waals surface area contributed by atoms with Crippen LogP contribution in [0.3, 0.4) is 0 Å². The average Bonchev–Trinajstić information content (AvgIpc) is 2.88. The van der Waals surface area contributed by atoms with E-state index in [4.69, 9.17) is 0 Å². The molecule has 7 heteroatoms. The molecule has 0 fully saturated rings. The molecule has 1 aromatic heterocycles. The summed E-state index contributed by atoms with van der Waals surface area (Å²) in [6, 6.07) is 7.93. The van der Waals surface area contributed by atoms with Crippen molar-refractivity contribution in [1.82, 2.24) is 5.32 Å². The Labute approximate surface area is 133 Å². The fourth-order valence-corrected chi connectivity index (χ4v) is 2.99. The number of thiophene rings is 1. The number of hydrogen-bond acceptors (Lipinski definition) is 4. The number of nitro groups is 1. The van der Waals surface area contributed by atoms with Crippen LogP contribution in [0.1, 0.15) is 10.4 Å². The Morgan fingerprint density at radius 3 is 2.62 bits per heavy atom. The molecule has 1 N–H and O–H groups in total. The molecule has 0 aliphatic carbocycles. The number of halogens is 1. The molecule has 1 aromatic carbocycles. The lowest BCUT2D eigenvalue weighted by molar-refractivity contribution is -0.384. The van der Waals surface area contributed by atoms with E-state index in [-0.39, 0.29) is 11.6 Å². The fraction of sp³-hybridized carbons (Fsp3) is 0.0714. The SMILES string of the molecule is O=C(/C=C/c1ccc([N+](=O)[O-])cc1)NCc1sccc1Br. The number of rotatable bonds is 5. The molecule has 2 rings (SSSR count). The van der Waals surface area contributed by atoms with E-state index in [2.05, 4.69) is 21.2 Å². The first kappa shape index (κ1) is 15.4. The van der Waals surface area contributed by atoms with Gasteiger partial charge in [0.2, 0.25) is 5.91 Å². The van der Waals surface area contributed by atoms with Gasteiger partial charge >= 0.3 is 0 Å². The lowest BCUT2D eigenvalue weighted by Gasteiger charge is -2.00. The van der Waals surface area contributed by atoms with E-state index in [1.54, 1.807) is 29.5 Å². The van der Waals surface area contributed by atoms with Gasteiger partial charge in [0.25, 0.3) is 5.69 Å². The van der Waals surface area contributed by atoms with Gasteiger partial charge in [-0.25, -0.2) is 0 Å². The Morgan fingerprint density at radius 1 is 1.33 bits per heavy atom. The van der Waals surface area contributed by atoms with Gasteiger partial charge in [0.15, 0.2) is 0 Å². The van der Waals surface area contributed by atoms with Crippen LogP contribution in [-0.4, -0.2) is 10.8 Å². The third-order valence-electron chi connectivity index (χ3n) is 2.65. The van der Waals surface area contributed by atoms with Crippen LogP contribution in [-0.2, 0) is 11.3 Å². The van der Waals surface area contributed by atoms with Crippen molar-refractivity contribution in [2.24, 2.45) is 0 Å². The molecule has 0 aliphatic rings. The van der Waals surface area contributed by atoms with Gasteiger partial charge in [-0.2, -0.15) is 0 Å². The van der Waals surface area contributed by atoms with Crippen LogP contribution in [0.25, 0.3) is 6.08 Å². The summed E-state index contributed by atoms with van der Waals surface area (Å²) in [6.07, 6.45) is 3.02. The van der Waals surface area contributed by atoms with Crippen LogP contribution >= 0.6 is 27.3 Å². The molecule has 21 heavy (non-hydrogen) atoms. The highest BCUT2D eigenvalue weighted by atomic mass is 79.9. The van der Waals surface area contributed by atoms with Crippen molar-refractivity contribution in [2.45, 2.75) is 6.54 Å². The maximum absolute atomic E-state index is 11.7. The molecular weight excluding hydrogens is 356 g/mol. The normalized spacial score (nSPS) is 10.7. The molecule has 0 saturated carbocycles. The minimum absolute atomic E-state index is 0.0270. The van der Waals surface area contributed by atoms with Gasteiger partial charge in [0.1, 0.15) is 0 Å². The number of carbonyl (C=O) groups excluding carboxylic acids is 1. The molecule has 108 valence electrons. The van der Waals surface area contributed by atoms with Gasteiger partial charge in [-0.3, -0.25) is 14.9 Å². The van der Waals surface area contributed by atoms with E-state index in [1.165, 1.54) is 18.2 Å². The number of nitrogens with zero attached hydrogens (tertiary/aromatic N) is 1. The highest BCUT2D eigenvalue weighted by molar-refractivity contribution is 9.10. The molecule has 0 bridgehead atoms. The predicted octanol–water partition coefficient (Wildman–Crippen LogP) is 3.75. The Hall–Kier alpha value is -1.99. The number of carbonyl (C=O) groups is 1. The summed E-state index contributed by atoms with van der Waals surface area (Å²) in [4.78, 5) is 22.8. The minimum atomic E-state index is -0.459. The van der Waals surface area contributed by atoms with Crippen LogP contribution in [0.4, 0.5) is 5.69 Å². The van der Waals surface area contributed by atoms with Gasteiger partial charge in [-0.05, 0) is 51.1 Å². The van der Waals surface area contributed by atoms with Crippen molar-refractivity contribution in [3.8, 4) is 0 Å². The molecule has 0 unspecified atom stereocenters. The second-order valence-corrected chi connectivity index (χ2v) is 5.95. The number of non-ortho nitro benzene ring substituents is 1. The summed E-state index contributed by atoms with van der Waals surface area (Å²) < 4.78 is 0.979. The molecule has 5 nitrogen and oxygen atoms in total.